The number of pyridine rings is 1. The first-order valence-electron chi connectivity index (χ1n) is 4.17. The second-order valence-electron chi connectivity index (χ2n) is 2.74. The lowest BCUT2D eigenvalue weighted by Crippen LogP contribution is -2.36. The summed E-state index contributed by atoms with van der Waals surface area (Å²) in [6.07, 6.45) is 2.75. The number of nitrogens with zero attached hydrogens (tertiary/aromatic N) is 1. The van der Waals surface area contributed by atoms with E-state index in [1.165, 1.54) is 24.5 Å². The van der Waals surface area contributed by atoms with Crippen molar-refractivity contribution in [3.8, 4) is 0 Å². The summed E-state index contributed by atoms with van der Waals surface area (Å²) in [5.74, 6) is -1.80. The molecule has 3 N–H and O–H groups in total. The molecule has 0 aliphatic heterocycles. The summed E-state index contributed by atoms with van der Waals surface area (Å²) in [7, 11) is 0. The van der Waals surface area contributed by atoms with Crippen molar-refractivity contribution in [2.75, 3.05) is 6.61 Å². The Hall–Kier alpha value is -1.79. The molecule has 0 saturated heterocycles. The Kier molecular flexibility index (Phi) is 3.90. The number of carbonyl (C=O) groups excluding carboxylic acids is 2. The molecule has 0 bridgehead atoms. The van der Waals surface area contributed by atoms with Gasteiger partial charge >= 0.3 is 11.9 Å². The number of aliphatic hydroxyl groups is 1. The summed E-state index contributed by atoms with van der Waals surface area (Å²) in [6, 6.07) is 1.78. The zero-order valence-corrected chi connectivity index (χ0v) is 7.79. The molecular weight excluding hydrogens is 200 g/mol. The quantitative estimate of drug-likeness (QED) is 0.494. The molecule has 1 atom stereocenters. The average Bonchev–Trinajstić information content (AvgIpc) is 2.29. The third-order valence-corrected chi connectivity index (χ3v) is 1.59. The van der Waals surface area contributed by atoms with Gasteiger partial charge < -0.3 is 15.6 Å². The molecule has 0 aliphatic carbocycles. The Bertz CT molecular complexity index is 352. The van der Waals surface area contributed by atoms with E-state index in [0.29, 0.717) is 0 Å². The molecule has 80 valence electrons. The lowest BCUT2D eigenvalue weighted by molar-refractivity contribution is -0.140. The van der Waals surface area contributed by atoms with Crippen LogP contribution in [0.4, 0.5) is 0 Å². The zero-order valence-electron chi connectivity index (χ0n) is 7.79. The van der Waals surface area contributed by atoms with Gasteiger partial charge in [-0.15, -0.1) is 0 Å². The fourth-order valence-corrected chi connectivity index (χ4v) is 0.784. The highest BCUT2D eigenvalue weighted by molar-refractivity contribution is 5.97. The third-order valence-electron chi connectivity index (χ3n) is 1.59. The van der Waals surface area contributed by atoms with Crippen molar-refractivity contribution < 1.29 is 19.4 Å². The Labute approximate surface area is 85.7 Å². The summed E-state index contributed by atoms with van der Waals surface area (Å²) in [5.41, 5.74) is 5.30. The molecule has 6 heteroatoms. The summed E-state index contributed by atoms with van der Waals surface area (Å²) >= 11 is 0. The molecule has 0 aromatic carbocycles. The van der Waals surface area contributed by atoms with Crippen molar-refractivity contribution in [3.63, 3.8) is 0 Å². The minimum Gasteiger partial charge on any atom is -0.394 e. The number of aromatic nitrogens is 1. The summed E-state index contributed by atoms with van der Waals surface area (Å²) in [4.78, 5) is 25.9. The molecule has 1 rings (SSSR count). The van der Waals surface area contributed by atoms with E-state index in [-0.39, 0.29) is 5.56 Å². The zero-order chi connectivity index (χ0) is 11.3. The van der Waals surface area contributed by atoms with Crippen LogP contribution in [0.15, 0.2) is 24.5 Å². The van der Waals surface area contributed by atoms with Crippen LogP contribution < -0.4 is 5.73 Å². The van der Waals surface area contributed by atoms with Gasteiger partial charge in [-0.1, -0.05) is 0 Å². The van der Waals surface area contributed by atoms with Crippen molar-refractivity contribution in [3.05, 3.63) is 30.1 Å². The second-order valence-corrected chi connectivity index (χ2v) is 2.74. The number of hydrogen-bond acceptors (Lipinski definition) is 6. The summed E-state index contributed by atoms with van der Waals surface area (Å²) < 4.78 is 4.39. The van der Waals surface area contributed by atoms with Gasteiger partial charge in [-0.2, -0.15) is 0 Å². The SMILES string of the molecule is N[C@@H](CO)C(=O)OC(=O)c1cccnc1. The largest absolute Gasteiger partial charge is 0.394 e. The Balaban J connectivity index is 2.61. The van der Waals surface area contributed by atoms with Crippen LogP contribution in [0, 0.1) is 0 Å². The lowest BCUT2D eigenvalue weighted by Gasteiger charge is -2.06. The van der Waals surface area contributed by atoms with Crippen molar-refractivity contribution in [2.24, 2.45) is 5.73 Å². The van der Waals surface area contributed by atoms with E-state index < -0.39 is 24.6 Å². The van der Waals surface area contributed by atoms with Gasteiger partial charge in [-0.25, -0.2) is 9.59 Å². The molecule has 0 saturated carbocycles. The highest BCUT2D eigenvalue weighted by Gasteiger charge is 2.18. The first-order chi connectivity index (χ1) is 7.15. The van der Waals surface area contributed by atoms with E-state index in [1.54, 1.807) is 0 Å². The molecule has 15 heavy (non-hydrogen) atoms. The van der Waals surface area contributed by atoms with Crippen molar-refractivity contribution >= 4 is 11.9 Å². The van der Waals surface area contributed by atoms with Gasteiger partial charge in [0.15, 0.2) is 0 Å². The van der Waals surface area contributed by atoms with E-state index in [2.05, 4.69) is 9.72 Å². The molecule has 0 radical (unpaired) electrons. The molecule has 0 unspecified atom stereocenters. The molecule has 0 spiro atoms. The predicted molar refractivity (Wildman–Crippen MR) is 49.7 cm³/mol. The van der Waals surface area contributed by atoms with Gasteiger partial charge in [-0.05, 0) is 12.1 Å². The van der Waals surface area contributed by atoms with E-state index in [1.807, 2.05) is 0 Å². The second kappa shape index (κ2) is 5.18. The normalized spacial score (nSPS) is 11.9. The number of aliphatic hydroxyl groups excluding tert-OH is 1. The minimum atomic E-state index is -1.20. The first-order valence-corrected chi connectivity index (χ1v) is 4.17. The number of hydrogen-bond donors (Lipinski definition) is 2. The molecule has 1 aromatic heterocycles. The van der Waals surface area contributed by atoms with Crippen LogP contribution in [0.3, 0.4) is 0 Å². The van der Waals surface area contributed by atoms with Crippen LogP contribution in [-0.2, 0) is 9.53 Å². The summed E-state index contributed by atoms with van der Waals surface area (Å²) in [6.45, 7) is -0.570. The first kappa shape index (κ1) is 11.3. The van der Waals surface area contributed by atoms with Crippen molar-refractivity contribution in [2.45, 2.75) is 6.04 Å². The van der Waals surface area contributed by atoms with Crippen LogP contribution in [0.5, 0.6) is 0 Å². The number of esters is 2. The van der Waals surface area contributed by atoms with Gasteiger partial charge in [0, 0.05) is 12.4 Å². The van der Waals surface area contributed by atoms with Crippen LogP contribution >= 0.6 is 0 Å². The van der Waals surface area contributed by atoms with E-state index >= 15 is 0 Å². The van der Waals surface area contributed by atoms with Crippen LogP contribution in [-0.4, -0.2) is 34.7 Å². The van der Waals surface area contributed by atoms with Crippen molar-refractivity contribution in [1.29, 1.82) is 0 Å². The molecule has 0 aliphatic rings. The molecule has 1 aromatic rings. The molecule has 0 amide bonds. The number of ether oxygens (including phenoxy) is 1. The lowest BCUT2D eigenvalue weighted by atomic mass is 10.3. The van der Waals surface area contributed by atoms with Gasteiger partial charge in [0.1, 0.15) is 6.04 Å². The minimum absolute atomic E-state index is 0.149. The molecular formula is C9H10N2O4. The average molecular weight is 210 g/mol. The van der Waals surface area contributed by atoms with Gasteiger partial charge in [0.05, 0.1) is 12.2 Å². The van der Waals surface area contributed by atoms with E-state index in [4.69, 9.17) is 10.8 Å². The monoisotopic (exact) mass is 210 g/mol. The topological polar surface area (TPSA) is 103 Å². The van der Waals surface area contributed by atoms with Gasteiger partial charge in [-0.3, -0.25) is 4.98 Å². The molecule has 0 fully saturated rings. The smallest absolute Gasteiger partial charge is 0.347 e. The molecule has 1 heterocycles. The maximum atomic E-state index is 11.3. The Morgan fingerprint density at radius 3 is 2.87 bits per heavy atom. The van der Waals surface area contributed by atoms with Gasteiger partial charge in [0.25, 0.3) is 0 Å². The van der Waals surface area contributed by atoms with Crippen LogP contribution in [0.2, 0.25) is 0 Å². The Morgan fingerprint density at radius 2 is 2.33 bits per heavy atom. The fourth-order valence-electron chi connectivity index (χ4n) is 0.784. The Morgan fingerprint density at radius 1 is 1.60 bits per heavy atom. The highest BCUT2D eigenvalue weighted by atomic mass is 16.6. The standard InChI is InChI=1S/C9H10N2O4/c10-7(5-12)9(14)15-8(13)6-2-1-3-11-4-6/h1-4,7,12H,5,10H2/t7-/m0/s1. The van der Waals surface area contributed by atoms with Gasteiger partial charge in [0.2, 0.25) is 0 Å². The number of carbonyl (C=O) groups is 2. The maximum Gasteiger partial charge on any atom is 0.347 e. The maximum absolute atomic E-state index is 11.3. The number of rotatable bonds is 3. The summed E-state index contributed by atoms with van der Waals surface area (Å²) in [5, 5.41) is 8.54. The molecule has 6 nitrogen and oxygen atoms in total. The predicted octanol–water partition coefficient (Wildman–Crippen LogP) is -0.915. The van der Waals surface area contributed by atoms with E-state index in [9.17, 15) is 9.59 Å². The fraction of sp³-hybridized carbons (Fsp3) is 0.222. The van der Waals surface area contributed by atoms with Crippen LogP contribution in [0.25, 0.3) is 0 Å². The third kappa shape index (κ3) is 3.12. The highest BCUT2D eigenvalue weighted by Crippen LogP contribution is 1.99. The van der Waals surface area contributed by atoms with Crippen LogP contribution in [0.1, 0.15) is 10.4 Å². The number of nitrogens with two attached hydrogens (primary N) is 1. The van der Waals surface area contributed by atoms with Crippen molar-refractivity contribution in [1.82, 2.24) is 4.98 Å². The van der Waals surface area contributed by atoms with E-state index in [0.717, 1.165) is 0 Å².